The first-order valence-corrected chi connectivity index (χ1v) is 7.97. The molecule has 0 radical (unpaired) electrons. The lowest BCUT2D eigenvalue weighted by Crippen LogP contribution is -2.31. The highest BCUT2D eigenvalue weighted by molar-refractivity contribution is 6.06. The van der Waals surface area contributed by atoms with Crippen molar-refractivity contribution in [2.24, 2.45) is 0 Å². The van der Waals surface area contributed by atoms with Crippen LogP contribution in [0.5, 0.6) is 5.75 Å². The van der Waals surface area contributed by atoms with E-state index in [1.807, 2.05) is 31.2 Å². The number of nitrogens with zero attached hydrogens (tertiary/aromatic N) is 2. The third kappa shape index (κ3) is 2.55. The quantitative estimate of drug-likeness (QED) is 0.723. The molecule has 0 saturated carbocycles. The molecule has 0 saturated heterocycles. The molecule has 6 heteroatoms. The van der Waals surface area contributed by atoms with Crippen molar-refractivity contribution >= 4 is 11.6 Å². The molecule has 1 aliphatic rings. The minimum absolute atomic E-state index is 0.218. The van der Waals surface area contributed by atoms with Gasteiger partial charge in [0.2, 0.25) is 0 Å². The third-order valence-corrected chi connectivity index (χ3v) is 4.19. The molecule has 1 aromatic heterocycles. The van der Waals surface area contributed by atoms with Gasteiger partial charge in [-0.2, -0.15) is 0 Å². The molecule has 1 amide bonds. The summed E-state index contributed by atoms with van der Waals surface area (Å²) in [5.41, 5.74) is 2.22. The zero-order chi connectivity index (χ0) is 17.4. The number of halogens is 1. The number of aromatic nitrogens is 1. The Balaban J connectivity index is 1.72. The van der Waals surface area contributed by atoms with Gasteiger partial charge >= 0.3 is 0 Å². The van der Waals surface area contributed by atoms with E-state index >= 15 is 0 Å². The zero-order valence-corrected chi connectivity index (χ0v) is 13.5. The normalized spacial score (nSPS) is 12.1. The maximum atomic E-state index is 13.1. The Morgan fingerprint density at radius 2 is 1.96 bits per heavy atom. The maximum Gasteiger partial charge on any atom is 0.280 e. The summed E-state index contributed by atoms with van der Waals surface area (Å²) in [6, 6.07) is 13.2. The van der Waals surface area contributed by atoms with Crippen LogP contribution in [0.4, 0.5) is 10.1 Å². The van der Waals surface area contributed by atoms with Gasteiger partial charge in [0, 0.05) is 12.2 Å². The van der Waals surface area contributed by atoms with Crippen LogP contribution >= 0.6 is 0 Å². The average Bonchev–Trinajstić information content (AvgIpc) is 3.08. The van der Waals surface area contributed by atoms with E-state index in [2.05, 4.69) is 5.16 Å². The van der Waals surface area contributed by atoms with Crippen molar-refractivity contribution < 1.29 is 18.4 Å². The maximum absolute atomic E-state index is 13.1. The minimum Gasteiger partial charge on any atom is -0.488 e. The van der Waals surface area contributed by atoms with Crippen molar-refractivity contribution in [1.82, 2.24) is 5.16 Å². The molecular weight excluding hydrogens is 323 g/mol. The van der Waals surface area contributed by atoms with Crippen LogP contribution in [0, 0.1) is 5.82 Å². The number of fused-ring (bicyclic) bond motifs is 3. The lowest BCUT2D eigenvalue weighted by atomic mass is 10.0. The Labute approximate surface area is 143 Å². The molecule has 3 aromatic rings. The number of carbonyl (C=O) groups excluding carboxylic acids is 1. The Morgan fingerprint density at radius 3 is 2.72 bits per heavy atom. The van der Waals surface area contributed by atoms with Crippen LogP contribution in [0.3, 0.4) is 0 Å². The molecule has 4 rings (SSSR count). The SMILES string of the molecule is CCN(C(=O)c1noc2c1COc1ccccc1-2)c1ccc(F)cc1. The number of ether oxygens (including phenoxy) is 1. The minimum atomic E-state index is -0.351. The third-order valence-electron chi connectivity index (χ3n) is 4.19. The number of hydrogen-bond acceptors (Lipinski definition) is 4. The Morgan fingerprint density at radius 1 is 1.20 bits per heavy atom. The fourth-order valence-corrected chi connectivity index (χ4v) is 2.95. The smallest absolute Gasteiger partial charge is 0.280 e. The Hall–Kier alpha value is -3.15. The molecule has 2 aromatic carbocycles. The van der Waals surface area contributed by atoms with E-state index in [1.54, 1.807) is 12.1 Å². The van der Waals surface area contributed by atoms with Gasteiger partial charge in [-0.05, 0) is 43.3 Å². The molecule has 0 bridgehead atoms. The highest BCUT2D eigenvalue weighted by atomic mass is 19.1. The second-order valence-corrected chi connectivity index (χ2v) is 5.65. The highest BCUT2D eigenvalue weighted by Crippen LogP contribution is 2.39. The molecule has 126 valence electrons. The summed E-state index contributed by atoms with van der Waals surface area (Å²) in [6.07, 6.45) is 0. The van der Waals surface area contributed by atoms with E-state index in [-0.39, 0.29) is 24.0 Å². The van der Waals surface area contributed by atoms with Gasteiger partial charge in [-0.15, -0.1) is 0 Å². The molecular formula is C19H15FN2O3. The van der Waals surface area contributed by atoms with E-state index in [0.29, 0.717) is 29.3 Å². The number of hydrogen-bond donors (Lipinski definition) is 0. The van der Waals surface area contributed by atoms with Gasteiger partial charge in [-0.3, -0.25) is 4.79 Å². The lowest BCUT2D eigenvalue weighted by Gasteiger charge is -2.21. The summed E-state index contributed by atoms with van der Waals surface area (Å²) >= 11 is 0. The molecule has 0 spiro atoms. The number of amides is 1. The molecule has 0 atom stereocenters. The van der Waals surface area contributed by atoms with Crippen molar-refractivity contribution in [1.29, 1.82) is 0 Å². The highest BCUT2D eigenvalue weighted by Gasteiger charge is 2.31. The summed E-state index contributed by atoms with van der Waals surface area (Å²) in [6.45, 7) is 2.49. The number of para-hydroxylation sites is 1. The molecule has 25 heavy (non-hydrogen) atoms. The number of carbonyl (C=O) groups is 1. The van der Waals surface area contributed by atoms with Crippen molar-refractivity contribution in [3.05, 3.63) is 65.6 Å². The average molecular weight is 338 g/mol. The number of anilines is 1. The molecule has 0 aliphatic carbocycles. The van der Waals surface area contributed by atoms with Crippen molar-refractivity contribution in [2.45, 2.75) is 13.5 Å². The molecule has 2 heterocycles. The second-order valence-electron chi connectivity index (χ2n) is 5.65. The Bertz CT molecular complexity index is 934. The standard InChI is InChI=1S/C19H15FN2O3/c1-2-22(13-9-7-12(20)8-10-13)19(23)17-15-11-24-16-6-4-3-5-14(16)18(15)25-21-17/h3-10H,2,11H2,1H3. The fraction of sp³-hybridized carbons (Fsp3) is 0.158. The van der Waals surface area contributed by atoms with Crippen LogP contribution < -0.4 is 9.64 Å². The molecule has 0 fully saturated rings. The molecule has 0 N–H and O–H groups in total. The van der Waals surface area contributed by atoms with Crippen LogP contribution in [-0.4, -0.2) is 17.6 Å². The van der Waals surface area contributed by atoms with E-state index in [1.165, 1.54) is 17.0 Å². The van der Waals surface area contributed by atoms with E-state index in [9.17, 15) is 9.18 Å². The van der Waals surface area contributed by atoms with Gasteiger partial charge in [0.15, 0.2) is 11.5 Å². The predicted octanol–water partition coefficient (Wildman–Crippen LogP) is 4.04. The topological polar surface area (TPSA) is 55.6 Å². The predicted molar refractivity (Wildman–Crippen MR) is 90.0 cm³/mol. The summed E-state index contributed by atoms with van der Waals surface area (Å²) in [4.78, 5) is 14.5. The van der Waals surface area contributed by atoms with Crippen LogP contribution in [0.25, 0.3) is 11.3 Å². The lowest BCUT2D eigenvalue weighted by molar-refractivity contribution is 0.0977. The molecule has 0 unspecified atom stereocenters. The largest absolute Gasteiger partial charge is 0.488 e. The van der Waals surface area contributed by atoms with Crippen LogP contribution in [0.2, 0.25) is 0 Å². The van der Waals surface area contributed by atoms with Crippen LogP contribution in [-0.2, 0) is 6.61 Å². The van der Waals surface area contributed by atoms with Crippen LogP contribution in [0.1, 0.15) is 23.0 Å². The number of rotatable bonds is 3. The van der Waals surface area contributed by atoms with Crippen molar-refractivity contribution in [3.63, 3.8) is 0 Å². The molecule has 1 aliphatic heterocycles. The van der Waals surface area contributed by atoms with Gasteiger partial charge in [0.05, 0.1) is 11.1 Å². The van der Waals surface area contributed by atoms with E-state index in [0.717, 1.165) is 5.56 Å². The van der Waals surface area contributed by atoms with Gasteiger partial charge in [0.1, 0.15) is 18.2 Å². The Kier molecular flexibility index (Phi) is 3.72. The first-order valence-electron chi connectivity index (χ1n) is 7.97. The van der Waals surface area contributed by atoms with E-state index < -0.39 is 0 Å². The van der Waals surface area contributed by atoms with Crippen LogP contribution in [0.15, 0.2) is 53.1 Å². The number of benzene rings is 2. The van der Waals surface area contributed by atoms with Gasteiger partial charge in [-0.1, -0.05) is 17.3 Å². The summed E-state index contributed by atoms with van der Waals surface area (Å²) in [7, 11) is 0. The fourth-order valence-electron chi connectivity index (χ4n) is 2.95. The summed E-state index contributed by atoms with van der Waals surface area (Å²) < 4.78 is 24.3. The second kappa shape index (κ2) is 6.05. The first-order chi connectivity index (χ1) is 12.2. The first kappa shape index (κ1) is 15.4. The zero-order valence-electron chi connectivity index (χ0n) is 13.5. The summed E-state index contributed by atoms with van der Waals surface area (Å²) in [5.74, 6) is 0.606. The monoisotopic (exact) mass is 338 g/mol. The summed E-state index contributed by atoms with van der Waals surface area (Å²) in [5, 5.41) is 3.99. The van der Waals surface area contributed by atoms with Crippen molar-refractivity contribution in [2.75, 3.05) is 11.4 Å². The van der Waals surface area contributed by atoms with Crippen molar-refractivity contribution in [3.8, 4) is 17.1 Å². The molecule has 5 nitrogen and oxygen atoms in total. The van der Waals surface area contributed by atoms with Gasteiger partial charge in [-0.25, -0.2) is 4.39 Å². The van der Waals surface area contributed by atoms with Gasteiger partial charge in [0.25, 0.3) is 5.91 Å². The van der Waals surface area contributed by atoms with Gasteiger partial charge < -0.3 is 14.2 Å². The van der Waals surface area contributed by atoms with E-state index in [4.69, 9.17) is 9.26 Å².